The summed E-state index contributed by atoms with van der Waals surface area (Å²) in [5, 5.41) is 1.09. The third-order valence-corrected chi connectivity index (χ3v) is 5.16. The summed E-state index contributed by atoms with van der Waals surface area (Å²) in [6, 6.07) is 16.3. The van der Waals surface area contributed by atoms with Gasteiger partial charge in [-0.25, -0.2) is 9.55 Å². The zero-order valence-corrected chi connectivity index (χ0v) is 17.6. The van der Waals surface area contributed by atoms with Crippen molar-refractivity contribution < 1.29 is 28.7 Å². The molecular weight excluding hydrogens is 415 g/mol. The van der Waals surface area contributed by atoms with Gasteiger partial charge in [0.1, 0.15) is 11.5 Å². The van der Waals surface area contributed by atoms with Gasteiger partial charge in [0.25, 0.3) is 0 Å². The Labute approximate surface area is 172 Å². The standard InChI is InChI=1S/C19H18N2O2S.H3O4P/c1-22-15-7-3-13(4-8-15)17-18(21-11-12-24-19(21)20-17)14-5-9-16(23-2)10-6-14;1-5(2,3)4/h3-10H,11-12H2,1-2H3;(H3,1,2,3,4). The van der Waals surface area contributed by atoms with Crippen molar-refractivity contribution in [3.05, 3.63) is 48.5 Å². The fraction of sp³-hybridized carbons (Fsp3) is 0.211. The third-order valence-electron chi connectivity index (χ3n) is 4.21. The Balaban J connectivity index is 0.000000431. The van der Waals surface area contributed by atoms with E-state index in [0.29, 0.717) is 0 Å². The molecule has 0 amide bonds. The van der Waals surface area contributed by atoms with E-state index in [1.807, 2.05) is 36.0 Å². The number of rotatable bonds is 4. The average Bonchev–Trinajstić information content (AvgIpc) is 3.28. The summed E-state index contributed by atoms with van der Waals surface area (Å²) < 4.78 is 21.7. The van der Waals surface area contributed by atoms with Crippen molar-refractivity contribution in [1.82, 2.24) is 9.55 Å². The van der Waals surface area contributed by atoms with Gasteiger partial charge in [-0.1, -0.05) is 11.8 Å². The van der Waals surface area contributed by atoms with Crippen LogP contribution < -0.4 is 9.47 Å². The van der Waals surface area contributed by atoms with Crippen molar-refractivity contribution in [1.29, 1.82) is 0 Å². The number of nitrogens with zero attached hydrogens (tertiary/aromatic N) is 2. The number of hydrogen-bond acceptors (Lipinski definition) is 5. The molecule has 1 aliphatic heterocycles. The molecule has 1 aromatic heterocycles. The SMILES string of the molecule is COc1ccc(-c2nc3n(c2-c2ccc(OC)cc2)CCS3)cc1.O=P(O)(O)O. The molecule has 0 radical (unpaired) electrons. The maximum Gasteiger partial charge on any atom is 0.466 e. The van der Waals surface area contributed by atoms with Crippen LogP contribution in [-0.4, -0.2) is 44.2 Å². The van der Waals surface area contributed by atoms with Gasteiger partial charge >= 0.3 is 7.82 Å². The zero-order valence-electron chi connectivity index (χ0n) is 15.8. The fourth-order valence-corrected chi connectivity index (χ4v) is 3.92. The van der Waals surface area contributed by atoms with E-state index in [1.54, 1.807) is 14.2 Å². The molecule has 0 fully saturated rings. The van der Waals surface area contributed by atoms with Gasteiger partial charge in [0, 0.05) is 23.4 Å². The summed E-state index contributed by atoms with van der Waals surface area (Å²) in [6.07, 6.45) is 0. The molecule has 3 aromatic rings. The second kappa shape index (κ2) is 9.02. The van der Waals surface area contributed by atoms with Crippen molar-refractivity contribution >= 4 is 19.6 Å². The quantitative estimate of drug-likeness (QED) is 0.533. The van der Waals surface area contributed by atoms with Gasteiger partial charge < -0.3 is 28.7 Å². The molecule has 154 valence electrons. The van der Waals surface area contributed by atoms with E-state index >= 15 is 0 Å². The number of thioether (sulfide) groups is 1. The second-order valence-electron chi connectivity index (χ2n) is 6.06. The molecule has 0 aliphatic carbocycles. The Bertz CT molecular complexity index is 1010. The van der Waals surface area contributed by atoms with E-state index in [4.69, 9.17) is 33.7 Å². The van der Waals surface area contributed by atoms with Crippen molar-refractivity contribution in [2.45, 2.75) is 11.7 Å². The molecule has 0 saturated heterocycles. The molecular formula is C19H21N2O6PS. The molecule has 4 rings (SSSR count). The summed E-state index contributed by atoms with van der Waals surface area (Å²) in [5.74, 6) is 2.79. The summed E-state index contributed by atoms with van der Waals surface area (Å²) >= 11 is 1.81. The van der Waals surface area contributed by atoms with Gasteiger partial charge in [-0.3, -0.25) is 0 Å². The highest BCUT2D eigenvalue weighted by molar-refractivity contribution is 7.99. The average molecular weight is 436 g/mol. The highest BCUT2D eigenvalue weighted by atomic mass is 32.2. The van der Waals surface area contributed by atoms with Crippen LogP contribution in [0.5, 0.6) is 11.5 Å². The number of phosphoric acid groups is 1. The van der Waals surface area contributed by atoms with Crippen molar-refractivity contribution in [2.24, 2.45) is 0 Å². The predicted molar refractivity (Wildman–Crippen MR) is 111 cm³/mol. The third kappa shape index (κ3) is 5.41. The van der Waals surface area contributed by atoms with Crippen LogP contribution in [0.1, 0.15) is 0 Å². The minimum absolute atomic E-state index is 0.853. The maximum atomic E-state index is 8.88. The first-order valence-electron chi connectivity index (χ1n) is 8.60. The number of aromatic nitrogens is 2. The van der Waals surface area contributed by atoms with Crippen LogP contribution in [0.2, 0.25) is 0 Å². The van der Waals surface area contributed by atoms with Gasteiger partial charge in [-0.05, 0) is 48.5 Å². The van der Waals surface area contributed by atoms with Crippen molar-refractivity contribution in [2.75, 3.05) is 20.0 Å². The van der Waals surface area contributed by atoms with Crippen molar-refractivity contribution in [3.63, 3.8) is 0 Å². The highest BCUT2D eigenvalue weighted by Gasteiger charge is 2.23. The largest absolute Gasteiger partial charge is 0.497 e. The molecule has 3 N–H and O–H groups in total. The van der Waals surface area contributed by atoms with Gasteiger partial charge in [0.05, 0.1) is 25.6 Å². The Morgan fingerprint density at radius 3 is 1.90 bits per heavy atom. The molecule has 0 spiro atoms. The molecule has 8 nitrogen and oxygen atoms in total. The number of hydrogen-bond donors (Lipinski definition) is 3. The van der Waals surface area contributed by atoms with E-state index in [9.17, 15) is 0 Å². The fourth-order valence-electron chi connectivity index (χ4n) is 2.97. The number of imidazole rings is 1. The van der Waals surface area contributed by atoms with E-state index in [2.05, 4.69) is 28.8 Å². The Morgan fingerprint density at radius 1 is 0.931 bits per heavy atom. The van der Waals surface area contributed by atoms with Gasteiger partial charge in [-0.2, -0.15) is 0 Å². The summed E-state index contributed by atoms with van der Waals surface area (Å²) in [7, 11) is -1.27. The van der Waals surface area contributed by atoms with Crippen LogP contribution >= 0.6 is 19.6 Å². The van der Waals surface area contributed by atoms with E-state index in [1.165, 1.54) is 5.69 Å². The first-order valence-corrected chi connectivity index (χ1v) is 11.2. The predicted octanol–water partition coefficient (Wildman–Crippen LogP) is 3.41. The van der Waals surface area contributed by atoms with Crippen LogP contribution in [-0.2, 0) is 11.1 Å². The molecule has 0 atom stereocenters. The van der Waals surface area contributed by atoms with Gasteiger partial charge in [0.15, 0.2) is 5.16 Å². The maximum absolute atomic E-state index is 8.88. The lowest BCUT2D eigenvalue weighted by atomic mass is 10.0. The number of methoxy groups -OCH3 is 2. The minimum Gasteiger partial charge on any atom is -0.497 e. The first-order chi connectivity index (χ1) is 13.8. The van der Waals surface area contributed by atoms with E-state index < -0.39 is 7.82 Å². The molecule has 2 heterocycles. The summed E-state index contributed by atoms with van der Waals surface area (Å²) in [5.41, 5.74) is 4.44. The van der Waals surface area contributed by atoms with Gasteiger partial charge in [0.2, 0.25) is 0 Å². The molecule has 1 aliphatic rings. The summed E-state index contributed by atoms with van der Waals surface area (Å²) in [4.78, 5) is 26.5. The second-order valence-corrected chi connectivity index (χ2v) is 8.15. The first kappa shape index (κ1) is 21.4. The minimum atomic E-state index is -4.64. The molecule has 29 heavy (non-hydrogen) atoms. The van der Waals surface area contributed by atoms with Crippen LogP contribution in [0, 0.1) is 0 Å². The lowest BCUT2D eigenvalue weighted by molar-refractivity contribution is 0.275. The Kier molecular flexibility index (Phi) is 6.66. The van der Waals surface area contributed by atoms with E-state index in [0.717, 1.165) is 45.8 Å². The Hall–Kier alpha value is -2.29. The number of ether oxygens (including phenoxy) is 2. The normalized spacial score (nSPS) is 12.7. The zero-order chi connectivity index (χ0) is 21.0. The number of fused-ring (bicyclic) bond motifs is 1. The monoisotopic (exact) mass is 436 g/mol. The molecule has 0 bridgehead atoms. The topological polar surface area (TPSA) is 114 Å². The number of benzene rings is 2. The van der Waals surface area contributed by atoms with Crippen LogP contribution in [0.4, 0.5) is 0 Å². The van der Waals surface area contributed by atoms with E-state index in [-0.39, 0.29) is 0 Å². The molecule has 0 unspecified atom stereocenters. The summed E-state index contributed by atoms with van der Waals surface area (Å²) in [6.45, 7) is 0.991. The van der Waals surface area contributed by atoms with Gasteiger partial charge in [-0.15, -0.1) is 0 Å². The molecule has 10 heteroatoms. The smallest absolute Gasteiger partial charge is 0.466 e. The Morgan fingerprint density at radius 2 is 1.41 bits per heavy atom. The van der Waals surface area contributed by atoms with Crippen LogP contribution in [0.25, 0.3) is 22.5 Å². The van der Waals surface area contributed by atoms with Crippen LogP contribution in [0.15, 0.2) is 53.7 Å². The van der Waals surface area contributed by atoms with Crippen molar-refractivity contribution in [3.8, 4) is 34.0 Å². The molecule has 2 aromatic carbocycles. The lowest BCUT2D eigenvalue weighted by Crippen LogP contribution is -1.97. The molecule has 0 saturated carbocycles. The van der Waals surface area contributed by atoms with Crippen LogP contribution in [0.3, 0.4) is 0 Å². The lowest BCUT2D eigenvalue weighted by Gasteiger charge is -2.09. The highest BCUT2D eigenvalue weighted by Crippen LogP contribution is 2.39.